The first-order valence-corrected chi connectivity index (χ1v) is 5.04. The van der Waals surface area contributed by atoms with Gasteiger partial charge in [0.15, 0.2) is 0 Å². The van der Waals surface area contributed by atoms with Crippen molar-refractivity contribution >= 4 is 24.6 Å². The van der Waals surface area contributed by atoms with E-state index >= 15 is 0 Å². The van der Waals surface area contributed by atoms with E-state index in [1.165, 1.54) is 0 Å². The van der Waals surface area contributed by atoms with Crippen LogP contribution in [0.4, 0.5) is 4.79 Å². The van der Waals surface area contributed by atoms with Crippen molar-refractivity contribution in [2.75, 3.05) is 13.2 Å². The molecule has 0 bridgehead atoms. The van der Waals surface area contributed by atoms with Crippen LogP contribution in [0.3, 0.4) is 0 Å². The summed E-state index contributed by atoms with van der Waals surface area (Å²) < 4.78 is 4.46. The van der Waals surface area contributed by atoms with Crippen LogP contribution < -0.4 is 11.1 Å². The largest absolute Gasteiger partial charge is 0.448 e. The van der Waals surface area contributed by atoms with Crippen LogP contribution in [-0.4, -0.2) is 25.2 Å². The van der Waals surface area contributed by atoms with Crippen LogP contribution in [0.25, 0.3) is 0 Å². The number of rotatable bonds is 4. The zero-order valence-electron chi connectivity index (χ0n) is 8.47. The summed E-state index contributed by atoms with van der Waals surface area (Å²) in [6.45, 7) is 0.288. The maximum atomic E-state index is 11.5. The molecular formula is C10H12N2O3S. The molecule has 0 atom stereocenters. The Hall–Kier alpha value is -1.69. The Morgan fingerprint density at radius 2 is 1.94 bits per heavy atom. The number of hydrogen-bond donors (Lipinski definition) is 3. The van der Waals surface area contributed by atoms with Crippen LogP contribution in [0, 0.1) is 0 Å². The highest BCUT2D eigenvalue weighted by Crippen LogP contribution is 2.07. The summed E-state index contributed by atoms with van der Waals surface area (Å²) in [5.74, 6) is -0.235. The van der Waals surface area contributed by atoms with E-state index in [1.807, 2.05) is 0 Å². The molecule has 2 amide bonds. The first kappa shape index (κ1) is 12.4. The highest BCUT2D eigenvalue weighted by Gasteiger charge is 2.04. The van der Waals surface area contributed by atoms with Crippen LogP contribution in [0.15, 0.2) is 29.2 Å². The van der Waals surface area contributed by atoms with Gasteiger partial charge in [0.2, 0.25) is 0 Å². The summed E-state index contributed by atoms with van der Waals surface area (Å²) in [4.78, 5) is 22.5. The Labute approximate surface area is 98.4 Å². The molecule has 0 radical (unpaired) electrons. The average molecular weight is 240 g/mol. The van der Waals surface area contributed by atoms with E-state index in [0.717, 1.165) is 4.90 Å². The van der Waals surface area contributed by atoms with E-state index in [4.69, 9.17) is 5.73 Å². The lowest BCUT2D eigenvalue weighted by atomic mass is 10.2. The predicted molar refractivity (Wildman–Crippen MR) is 61.6 cm³/mol. The van der Waals surface area contributed by atoms with E-state index in [0.29, 0.717) is 5.56 Å². The lowest BCUT2D eigenvalue weighted by molar-refractivity contribution is 0.0937. The SMILES string of the molecule is NC(=O)OCCNC(=O)c1ccc(S)cc1. The second-order valence-electron chi connectivity index (χ2n) is 2.97. The summed E-state index contributed by atoms with van der Waals surface area (Å²) in [7, 11) is 0. The molecule has 0 aromatic heterocycles. The van der Waals surface area contributed by atoms with Crippen molar-refractivity contribution in [1.82, 2.24) is 5.32 Å². The molecule has 1 aromatic carbocycles. The van der Waals surface area contributed by atoms with Gasteiger partial charge in [0.05, 0.1) is 6.54 Å². The Morgan fingerprint density at radius 3 is 2.50 bits per heavy atom. The van der Waals surface area contributed by atoms with Crippen molar-refractivity contribution in [3.05, 3.63) is 29.8 Å². The molecule has 86 valence electrons. The molecule has 5 nitrogen and oxygen atoms in total. The third-order valence-corrected chi connectivity index (χ3v) is 2.06. The van der Waals surface area contributed by atoms with Gasteiger partial charge in [-0.1, -0.05) is 0 Å². The minimum atomic E-state index is -0.853. The molecule has 3 N–H and O–H groups in total. The van der Waals surface area contributed by atoms with Crippen molar-refractivity contribution in [1.29, 1.82) is 0 Å². The highest BCUT2D eigenvalue weighted by molar-refractivity contribution is 7.80. The third kappa shape index (κ3) is 4.22. The van der Waals surface area contributed by atoms with E-state index < -0.39 is 6.09 Å². The number of carbonyl (C=O) groups excluding carboxylic acids is 2. The predicted octanol–water partition coefficient (Wildman–Crippen LogP) is 0.800. The number of carbonyl (C=O) groups is 2. The quantitative estimate of drug-likeness (QED) is 0.538. The second-order valence-corrected chi connectivity index (χ2v) is 3.49. The van der Waals surface area contributed by atoms with Gasteiger partial charge in [0.1, 0.15) is 6.61 Å². The molecule has 0 saturated carbocycles. The van der Waals surface area contributed by atoms with E-state index in [1.54, 1.807) is 24.3 Å². The van der Waals surface area contributed by atoms with E-state index in [-0.39, 0.29) is 19.1 Å². The Morgan fingerprint density at radius 1 is 1.31 bits per heavy atom. The first-order valence-electron chi connectivity index (χ1n) is 4.59. The molecule has 16 heavy (non-hydrogen) atoms. The molecule has 0 spiro atoms. The van der Waals surface area contributed by atoms with Crippen LogP contribution in [0.1, 0.15) is 10.4 Å². The zero-order chi connectivity index (χ0) is 12.0. The van der Waals surface area contributed by atoms with Gasteiger partial charge in [0.25, 0.3) is 5.91 Å². The van der Waals surface area contributed by atoms with Gasteiger partial charge in [-0.3, -0.25) is 4.79 Å². The Kier molecular flexibility index (Phi) is 4.65. The summed E-state index contributed by atoms with van der Waals surface area (Å²) in [5, 5.41) is 2.58. The second kappa shape index (κ2) is 6.02. The molecule has 0 unspecified atom stereocenters. The first-order chi connectivity index (χ1) is 7.59. The molecule has 1 rings (SSSR count). The van der Waals surface area contributed by atoms with Gasteiger partial charge < -0.3 is 15.8 Å². The smallest absolute Gasteiger partial charge is 0.404 e. The van der Waals surface area contributed by atoms with Crippen LogP contribution in [-0.2, 0) is 4.74 Å². The lowest BCUT2D eigenvalue weighted by Crippen LogP contribution is -2.28. The lowest BCUT2D eigenvalue weighted by Gasteiger charge is -2.05. The Bertz CT molecular complexity index is 378. The fraction of sp³-hybridized carbons (Fsp3) is 0.200. The molecule has 0 aliphatic heterocycles. The molecule has 0 fully saturated rings. The van der Waals surface area contributed by atoms with Crippen molar-refractivity contribution in [2.24, 2.45) is 5.73 Å². The van der Waals surface area contributed by atoms with Gasteiger partial charge >= 0.3 is 6.09 Å². The van der Waals surface area contributed by atoms with E-state index in [2.05, 4.69) is 22.7 Å². The van der Waals surface area contributed by atoms with Crippen LogP contribution in [0.2, 0.25) is 0 Å². The average Bonchev–Trinajstić information content (AvgIpc) is 2.25. The summed E-state index contributed by atoms with van der Waals surface area (Å²) in [6, 6.07) is 6.76. The number of thiol groups is 1. The number of benzene rings is 1. The number of amides is 2. The van der Waals surface area contributed by atoms with Crippen LogP contribution >= 0.6 is 12.6 Å². The van der Waals surface area contributed by atoms with Gasteiger partial charge in [-0.25, -0.2) is 4.79 Å². The van der Waals surface area contributed by atoms with Crippen LogP contribution in [0.5, 0.6) is 0 Å². The van der Waals surface area contributed by atoms with Crippen molar-refractivity contribution in [3.8, 4) is 0 Å². The summed E-state index contributed by atoms with van der Waals surface area (Å²) in [6.07, 6.45) is -0.853. The molecule has 0 heterocycles. The zero-order valence-corrected chi connectivity index (χ0v) is 9.37. The monoisotopic (exact) mass is 240 g/mol. The topological polar surface area (TPSA) is 81.4 Å². The van der Waals surface area contributed by atoms with Gasteiger partial charge in [-0.15, -0.1) is 12.6 Å². The fourth-order valence-corrected chi connectivity index (χ4v) is 1.18. The number of nitrogens with one attached hydrogen (secondary N) is 1. The molecular weight excluding hydrogens is 228 g/mol. The number of hydrogen-bond acceptors (Lipinski definition) is 4. The standard InChI is InChI=1S/C10H12N2O3S/c11-10(14)15-6-5-12-9(13)7-1-3-8(16)4-2-7/h1-4,16H,5-6H2,(H2,11,14)(H,12,13). The minimum absolute atomic E-state index is 0.0612. The fourth-order valence-electron chi connectivity index (χ4n) is 1.03. The van der Waals surface area contributed by atoms with Gasteiger partial charge in [-0.05, 0) is 24.3 Å². The summed E-state index contributed by atoms with van der Waals surface area (Å²) >= 11 is 4.11. The molecule has 0 aliphatic carbocycles. The summed E-state index contributed by atoms with van der Waals surface area (Å²) in [5.41, 5.74) is 5.28. The molecule has 6 heteroatoms. The Balaban J connectivity index is 2.35. The van der Waals surface area contributed by atoms with E-state index in [9.17, 15) is 9.59 Å². The van der Waals surface area contributed by atoms with Crippen molar-refractivity contribution in [2.45, 2.75) is 4.90 Å². The number of nitrogens with two attached hydrogens (primary N) is 1. The molecule has 0 aliphatic rings. The maximum absolute atomic E-state index is 11.5. The van der Waals surface area contributed by atoms with Gasteiger partial charge in [-0.2, -0.15) is 0 Å². The minimum Gasteiger partial charge on any atom is -0.448 e. The highest BCUT2D eigenvalue weighted by atomic mass is 32.1. The van der Waals surface area contributed by atoms with Gasteiger partial charge in [0, 0.05) is 10.5 Å². The van der Waals surface area contributed by atoms with Crippen molar-refractivity contribution in [3.63, 3.8) is 0 Å². The molecule has 0 saturated heterocycles. The number of ether oxygens (including phenoxy) is 1. The third-order valence-electron chi connectivity index (χ3n) is 1.76. The van der Waals surface area contributed by atoms with Crippen molar-refractivity contribution < 1.29 is 14.3 Å². The normalized spacial score (nSPS) is 9.56. The molecule has 1 aromatic rings. The maximum Gasteiger partial charge on any atom is 0.404 e. The number of primary amides is 1.